The van der Waals surface area contributed by atoms with E-state index >= 15 is 0 Å². The topological polar surface area (TPSA) is 92.8 Å². The number of aliphatic hydroxyl groups is 2. The molecule has 0 saturated heterocycles. The number of rotatable bonds is 7. The van der Waals surface area contributed by atoms with Crippen molar-refractivity contribution in [2.45, 2.75) is 63.8 Å². The number of para-hydroxylation sites is 1. The number of aliphatic hydroxyl groups excluding tert-OH is 2. The Morgan fingerprint density at radius 1 is 1.46 bits per heavy atom. The molecule has 1 aromatic rings. The van der Waals surface area contributed by atoms with E-state index in [0.717, 1.165) is 16.9 Å². The molecule has 0 spiro atoms. The molecule has 3 rings (SSSR count). The van der Waals surface area contributed by atoms with Crippen molar-refractivity contribution in [2.75, 3.05) is 0 Å². The number of ether oxygens (including phenoxy) is 1. The molecule has 1 amide bonds. The fourth-order valence-corrected chi connectivity index (χ4v) is 4.24. The predicted octanol–water partition coefficient (Wildman–Crippen LogP) is 2.30. The number of carbonyl (C=O) groups is 1. The van der Waals surface area contributed by atoms with E-state index in [9.17, 15) is 15.0 Å². The number of aryl methyl sites for hydroxylation is 1. The second kappa shape index (κ2) is 8.81. The van der Waals surface area contributed by atoms with Gasteiger partial charge in [-0.1, -0.05) is 37.3 Å². The molecule has 28 heavy (non-hydrogen) atoms. The van der Waals surface area contributed by atoms with Gasteiger partial charge in [0.1, 0.15) is 11.9 Å². The van der Waals surface area contributed by atoms with Crippen LogP contribution >= 0.6 is 0 Å². The van der Waals surface area contributed by atoms with Crippen LogP contribution in [0.2, 0.25) is 0 Å². The van der Waals surface area contributed by atoms with Gasteiger partial charge < -0.3 is 20.7 Å². The number of benzene rings is 1. The van der Waals surface area contributed by atoms with Gasteiger partial charge in [0.05, 0.1) is 12.2 Å². The highest BCUT2D eigenvalue weighted by Crippen LogP contribution is 2.52. The van der Waals surface area contributed by atoms with Gasteiger partial charge in [-0.25, -0.2) is 0 Å². The highest BCUT2D eigenvalue weighted by atomic mass is 16.5. The van der Waals surface area contributed by atoms with E-state index in [2.05, 4.69) is 11.8 Å². The van der Waals surface area contributed by atoms with Crippen LogP contribution in [-0.2, 0) is 11.2 Å². The minimum atomic E-state index is -0.601. The van der Waals surface area contributed by atoms with Gasteiger partial charge >= 0.3 is 0 Å². The number of nitrogens with two attached hydrogens (primary N) is 1. The lowest BCUT2D eigenvalue weighted by Gasteiger charge is -2.19. The summed E-state index contributed by atoms with van der Waals surface area (Å²) < 4.78 is 6.18. The number of carbonyl (C=O) groups excluding carboxylic acids is 1. The van der Waals surface area contributed by atoms with Crippen molar-refractivity contribution in [3.05, 3.63) is 41.5 Å². The Hall–Kier alpha value is -2.29. The quantitative estimate of drug-likeness (QED) is 0.498. The smallest absolute Gasteiger partial charge is 0.217 e. The Kier molecular flexibility index (Phi) is 6.43. The number of primary amides is 1. The van der Waals surface area contributed by atoms with Crippen LogP contribution in [0.5, 0.6) is 5.75 Å². The van der Waals surface area contributed by atoms with Crippen LogP contribution in [0.3, 0.4) is 0 Å². The van der Waals surface area contributed by atoms with Crippen molar-refractivity contribution in [3.63, 3.8) is 0 Å². The molecular formula is C23H29NO4. The maximum absolute atomic E-state index is 11.1. The molecule has 2 aliphatic rings. The monoisotopic (exact) mass is 383 g/mol. The maximum atomic E-state index is 11.1. The number of amides is 1. The minimum absolute atomic E-state index is 0.0329. The van der Waals surface area contributed by atoms with Gasteiger partial charge in [-0.3, -0.25) is 4.79 Å². The third kappa shape index (κ3) is 4.24. The largest absolute Gasteiger partial charge is 0.489 e. The molecule has 1 saturated carbocycles. The normalized spacial score (nSPS) is 27.4. The molecule has 4 N–H and O–H groups in total. The van der Waals surface area contributed by atoms with E-state index in [1.807, 2.05) is 31.2 Å². The van der Waals surface area contributed by atoms with Gasteiger partial charge in [0.15, 0.2) is 0 Å². The van der Waals surface area contributed by atoms with Crippen LogP contribution in [-0.4, -0.2) is 34.4 Å². The summed E-state index contributed by atoms with van der Waals surface area (Å²) in [5.74, 6) is 6.31. The lowest BCUT2D eigenvalue weighted by atomic mass is 9.86. The summed E-state index contributed by atoms with van der Waals surface area (Å²) in [4.78, 5) is 11.1. The second-order valence-corrected chi connectivity index (χ2v) is 7.85. The molecule has 0 bridgehead atoms. The highest BCUT2D eigenvalue weighted by molar-refractivity contribution is 5.74. The Morgan fingerprint density at radius 3 is 2.96 bits per heavy atom. The minimum Gasteiger partial charge on any atom is -0.489 e. The van der Waals surface area contributed by atoms with Gasteiger partial charge in [-0.15, -0.1) is 11.8 Å². The highest BCUT2D eigenvalue weighted by Gasteiger charge is 2.48. The molecule has 150 valence electrons. The molecule has 6 atom stereocenters. The third-order valence-corrected chi connectivity index (χ3v) is 5.84. The van der Waals surface area contributed by atoms with Crippen LogP contribution in [0.25, 0.3) is 0 Å². The van der Waals surface area contributed by atoms with Gasteiger partial charge in [-0.2, -0.15) is 0 Å². The molecule has 1 aromatic carbocycles. The average Bonchev–Trinajstić information content (AvgIpc) is 3.17. The maximum Gasteiger partial charge on any atom is 0.217 e. The van der Waals surface area contributed by atoms with E-state index in [-0.39, 0.29) is 36.2 Å². The van der Waals surface area contributed by atoms with E-state index in [1.165, 1.54) is 0 Å². The van der Waals surface area contributed by atoms with Crippen molar-refractivity contribution in [1.29, 1.82) is 0 Å². The van der Waals surface area contributed by atoms with E-state index in [4.69, 9.17) is 10.5 Å². The lowest BCUT2D eigenvalue weighted by molar-refractivity contribution is -0.117. The first kappa shape index (κ1) is 20.4. The summed E-state index contributed by atoms with van der Waals surface area (Å²) in [7, 11) is 0. The fraction of sp³-hybridized carbons (Fsp3) is 0.522. The molecule has 1 heterocycles. The molecule has 0 aromatic heterocycles. The standard InChI is InChI=1S/C23H29NO4/c1-3-4-6-14(2)18(25)11-10-16-19(26)13-20-22(16)17-8-5-7-15(23(17)28-20)9-12-21(24)27/h5,7-8,10-11,14,16,18-20,22,25-26H,6,9,12-13H2,1-2H3,(H2,24,27)/b11-10+/t14-,16+,18+,19-,20+,22+/m1/s1. The molecule has 1 fully saturated rings. The summed E-state index contributed by atoms with van der Waals surface area (Å²) in [5.41, 5.74) is 7.33. The Balaban J connectivity index is 1.78. The summed E-state index contributed by atoms with van der Waals surface area (Å²) in [6.45, 7) is 3.76. The van der Waals surface area contributed by atoms with Crippen LogP contribution in [0.1, 0.15) is 50.2 Å². The van der Waals surface area contributed by atoms with Crippen LogP contribution in [0.15, 0.2) is 30.4 Å². The Labute approximate surface area is 166 Å². The van der Waals surface area contributed by atoms with E-state index in [1.54, 1.807) is 13.0 Å². The first-order chi connectivity index (χ1) is 13.4. The van der Waals surface area contributed by atoms with Gasteiger partial charge in [0.2, 0.25) is 5.91 Å². The zero-order chi connectivity index (χ0) is 20.3. The zero-order valence-electron chi connectivity index (χ0n) is 16.5. The fourth-order valence-electron chi connectivity index (χ4n) is 4.24. The van der Waals surface area contributed by atoms with Crippen molar-refractivity contribution < 1.29 is 19.7 Å². The molecule has 5 heteroatoms. The Morgan fingerprint density at radius 2 is 2.25 bits per heavy atom. The molecule has 0 unspecified atom stereocenters. The van der Waals surface area contributed by atoms with Crippen molar-refractivity contribution in [2.24, 2.45) is 17.6 Å². The predicted molar refractivity (Wildman–Crippen MR) is 108 cm³/mol. The van der Waals surface area contributed by atoms with Gasteiger partial charge in [0.25, 0.3) is 0 Å². The number of fused-ring (bicyclic) bond motifs is 3. The van der Waals surface area contributed by atoms with Gasteiger partial charge in [-0.05, 0) is 24.8 Å². The van der Waals surface area contributed by atoms with Crippen LogP contribution in [0, 0.1) is 23.7 Å². The number of hydrogen-bond acceptors (Lipinski definition) is 4. The van der Waals surface area contributed by atoms with Crippen molar-refractivity contribution in [3.8, 4) is 17.6 Å². The van der Waals surface area contributed by atoms with Crippen LogP contribution in [0.4, 0.5) is 0 Å². The molecular weight excluding hydrogens is 354 g/mol. The second-order valence-electron chi connectivity index (χ2n) is 7.85. The third-order valence-electron chi connectivity index (χ3n) is 5.84. The van der Waals surface area contributed by atoms with E-state index < -0.39 is 12.2 Å². The molecule has 1 aliphatic heterocycles. The van der Waals surface area contributed by atoms with Crippen molar-refractivity contribution >= 4 is 5.91 Å². The molecule has 5 nitrogen and oxygen atoms in total. The summed E-state index contributed by atoms with van der Waals surface area (Å²) in [6.07, 6.45) is 4.55. The molecule has 1 aliphatic carbocycles. The molecule has 0 radical (unpaired) electrons. The van der Waals surface area contributed by atoms with Crippen LogP contribution < -0.4 is 10.5 Å². The first-order valence-electron chi connectivity index (χ1n) is 9.93. The SMILES string of the molecule is CC#CC[C@@H](C)[C@@H](O)/C=C/[C@@H]1[C@H]2c3cccc(CCC(N)=O)c3O[C@H]2C[C@H]1O. The summed E-state index contributed by atoms with van der Waals surface area (Å²) in [5, 5.41) is 20.9. The first-order valence-corrected chi connectivity index (χ1v) is 9.93. The van der Waals surface area contributed by atoms with E-state index in [0.29, 0.717) is 19.3 Å². The Bertz CT molecular complexity index is 807. The average molecular weight is 383 g/mol. The van der Waals surface area contributed by atoms with Crippen molar-refractivity contribution in [1.82, 2.24) is 0 Å². The summed E-state index contributed by atoms with van der Waals surface area (Å²) >= 11 is 0. The lowest BCUT2D eigenvalue weighted by Crippen LogP contribution is -2.19. The van der Waals surface area contributed by atoms with Gasteiger partial charge in [0, 0.05) is 36.7 Å². The number of hydrogen-bond donors (Lipinski definition) is 3. The summed E-state index contributed by atoms with van der Waals surface area (Å²) in [6, 6.07) is 5.96. The zero-order valence-corrected chi connectivity index (χ0v) is 16.5.